The Kier molecular flexibility index (Phi) is 7.85. The van der Waals surface area contributed by atoms with Crippen molar-refractivity contribution in [3.05, 3.63) is 33.8 Å². The molecule has 0 bridgehead atoms. The van der Waals surface area contributed by atoms with Gasteiger partial charge in [0.2, 0.25) is 0 Å². The summed E-state index contributed by atoms with van der Waals surface area (Å²) in [6.07, 6.45) is 2.36. The Balaban J connectivity index is 0.00000200. The summed E-state index contributed by atoms with van der Waals surface area (Å²) < 4.78 is 0. The summed E-state index contributed by atoms with van der Waals surface area (Å²) in [5.41, 5.74) is 6.73. The Hall–Kier alpha value is -0.320. The number of nitrogens with two attached hydrogens (primary N) is 1. The summed E-state index contributed by atoms with van der Waals surface area (Å²) in [5.74, 6) is 0. The fraction of sp³-hybridized carbons (Fsp3) is 0.600. The number of hydrogen-bond acceptors (Lipinski definition) is 3. The average molecular weight is 318 g/mol. The van der Waals surface area contributed by atoms with Gasteiger partial charge in [0.25, 0.3) is 0 Å². The van der Waals surface area contributed by atoms with Crippen molar-refractivity contribution in [1.82, 2.24) is 10.2 Å². The third-order valence-corrected chi connectivity index (χ3v) is 4.29. The van der Waals surface area contributed by atoms with Crippen LogP contribution in [0.5, 0.6) is 0 Å². The molecule has 20 heavy (non-hydrogen) atoms. The van der Waals surface area contributed by atoms with E-state index in [1.165, 1.54) is 18.4 Å². The van der Waals surface area contributed by atoms with Crippen LogP contribution in [-0.2, 0) is 6.54 Å². The normalized spacial score (nSPS) is 16.9. The Labute approximate surface area is 132 Å². The van der Waals surface area contributed by atoms with Crippen LogP contribution < -0.4 is 11.1 Å². The molecule has 3 N–H and O–H groups in total. The molecule has 1 heterocycles. The molecule has 1 fully saturated rings. The van der Waals surface area contributed by atoms with Crippen molar-refractivity contribution in [2.24, 2.45) is 5.73 Å². The topological polar surface area (TPSA) is 41.3 Å². The largest absolute Gasteiger partial charge is 0.329 e. The first-order valence-electron chi connectivity index (χ1n) is 6.79. The highest BCUT2D eigenvalue weighted by atomic mass is 35.5. The molecule has 0 saturated carbocycles. The van der Waals surface area contributed by atoms with Gasteiger partial charge >= 0.3 is 0 Å². The van der Waals surface area contributed by atoms with Crippen LogP contribution in [0.1, 0.15) is 25.8 Å². The van der Waals surface area contributed by atoms with Crippen molar-refractivity contribution >= 4 is 23.2 Å². The first kappa shape index (κ1) is 17.7. The SMILES string of the molecule is C.NCCNC1CCN(Cc2ccc(Cl)c(Cl)c2)CC1. The molecule has 114 valence electrons. The minimum atomic E-state index is 0. The summed E-state index contributed by atoms with van der Waals surface area (Å²) >= 11 is 12.0. The van der Waals surface area contributed by atoms with E-state index in [-0.39, 0.29) is 7.43 Å². The van der Waals surface area contributed by atoms with Gasteiger partial charge in [0, 0.05) is 25.7 Å². The van der Waals surface area contributed by atoms with Gasteiger partial charge < -0.3 is 11.1 Å². The molecule has 0 aromatic heterocycles. The predicted molar refractivity (Wildman–Crippen MR) is 88.5 cm³/mol. The van der Waals surface area contributed by atoms with Crippen LogP contribution in [0.4, 0.5) is 0 Å². The average Bonchev–Trinajstić information content (AvgIpc) is 2.42. The number of rotatable bonds is 5. The van der Waals surface area contributed by atoms with E-state index in [9.17, 15) is 0 Å². The number of piperidine rings is 1. The number of likely N-dealkylation sites (tertiary alicyclic amines) is 1. The first-order chi connectivity index (χ1) is 9.19. The molecule has 2 rings (SSSR count). The van der Waals surface area contributed by atoms with Crippen molar-refractivity contribution in [2.45, 2.75) is 32.9 Å². The van der Waals surface area contributed by atoms with E-state index in [1.807, 2.05) is 18.2 Å². The van der Waals surface area contributed by atoms with Crippen molar-refractivity contribution < 1.29 is 0 Å². The Morgan fingerprint density at radius 1 is 1.20 bits per heavy atom. The van der Waals surface area contributed by atoms with E-state index >= 15 is 0 Å². The number of hydrogen-bond donors (Lipinski definition) is 2. The number of nitrogens with one attached hydrogen (secondary N) is 1. The Bertz CT molecular complexity index is 404. The summed E-state index contributed by atoms with van der Waals surface area (Å²) in [6, 6.07) is 6.50. The number of halogens is 2. The predicted octanol–water partition coefficient (Wildman–Crippen LogP) is 3.14. The van der Waals surface area contributed by atoms with Crippen LogP contribution >= 0.6 is 23.2 Å². The van der Waals surface area contributed by atoms with Crippen molar-refractivity contribution in [3.8, 4) is 0 Å². The highest BCUT2D eigenvalue weighted by Crippen LogP contribution is 2.24. The maximum Gasteiger partial charge on any atom is 0.0595 e. The van der Waals surface area contributed by atoms with E-state index < -0.39 is 0 Å². The van der Waals surface area contributed by atoms with Crippen molar-refractivity contribution in [2.75, 3.05) is 26.2 Å². The quantitative estimate of drug-likeness (QED) is 0.876. The summed E-state index contributed by atoms with van der Waals surface area (Å²) in [7, 11) is 0. The van der Waals surface area contributed by atoms with E-state index in [4.69, 9.17) is 28.9 Å². The van der Waals surface area contributed by atoms with Gasteiger partial charge in [-0.2, -0.15) is 0 Å². The van der Waals surface area contributed by atoms with Gasteiger partial charge in [-0.25, -0.2) is 0 Å². The second-order valence-electron chi connectivity index (χ2n) is 5.04. The lowest BCUT2D eigenvalue weighted by Crippen LogP contribution is -2.43. The van der Waals surface area contributed by atoms with Crippen LogP contribution in [0.15, 0.2) is 18.2 Å². The highest BCUT2D eigenvalue weighted by molar-refractivity contribution is 6.42. The molecule has 5 heteroatoms. The Morgan fingerprint density at radius 3 is 2.50 bits per heavy atom. The second kappa shape index (κ2) is 8.85. The molecule has 1 aliphatic heterocycles. The monoisotopic (exact) mass is 317 g/mol. The molecule has 0 spiro atoms. The lowest BCUT2D eigenvalue weighted by molar-refractivity contribution is 0.191. The lowest BCUT2D eigenvalue weighted by Gasteiger charge is -2.32. The molecule has 1 aliphatic rings. The molecule has 0 unspecified atom stereocenters. The minimum absolute atomic E-state index is 0. The maximum atomic E-state index is 6.04. The lowest BCUT2D eigenvalue weighted by atomic mass is 10.0. The van der Waals surface area contributed by atoms with Crippen molar-refractivity contribution in [1.29, 1.82) is 0 Å². The van der Waals surface area contributed by atoms with Gasteiger partial charge in [0.15, 0.2) is 0 Å². The van der Waals surface area contributed by atoms with Gasteiger partial charge in [-0.15, -0.1) is 0 Å². The van der Waals surface area contributed by atoms with Gasteiger partial charge in [0.1, 0.15) is 0 Å². The zero-order valence-corrected chi connectivity index (χ0v) is 12.6. The fourth-order valence-corrected chi connectivity index (χ4v) is 2.80. The molecule has 1 saturated heterocycles. The molecule has 1 aromatic carbocycles. The summed E-state index contributed by atoms with van der Waals surface area (Å²) in [6.45, 7) is 4.80. The van der Waals surface area contributed by atoms with E-state index in [0.29, 0.717) is 22.6 Å². The molecule has 0 amide bonds. The fourth-order valence-electron chi connectivity index (χ4n) is 2.48. The zero-order chi connectivity index (χ0) is 13.7. The van der Waals surface area contributed by atoms with Gasteiger partial charge in [0.05, 0.1) is 10.0 Å². The molecule has 1 aromatic rings. The van der Waals surface area contributed by atoms with E-state index in [1.54, 1.807) is 0 Å². The molecular formula is C15H25Cl2N3. The second-order valence-corrected chi connectivity index (χ2v) is 5.86. The van der Waals surface area contributed by atoms with E-state index in [0.717, 1.165) is 26.2 Å². The third kappa shape index (κ3) is 5.23. The van der Waals surface area contributed by atoms with Crippen LogP contribution in [0.3, 0.4) is 0 Å². The molecule has 0 radical (unpaired) electrons. The smallest absolute Gasteiger partial charge is 0.0595 e. The van der Waals surface area contributed by atoms with Crippen molar-refractivity contribution in [3.63, 3.8) is 0 Å². The maximum absolute atomic E-state index is 6.04. The van der Waals surface area contributed by atoms with Crippen LogP contribution in [-0.4, -0.2) is 37.1 Å². The molecular weight excluding hydrogens is 293 g/mol. The summed E-state index contributed by atoms with van der Waals surface area (Å²) in [5, 5.41) is 4.74. The summed E-state index contributed by atoms with van der Waals surface area (Å²) in [4.78, 5) is 2.46. The number of benzene rings is 1. The van der Waals surface area contributed by atoms with E-state index in [2.05, 4.69) is 10.2 Å². The molecule has 0 aliphatic carbocycles. The molecule has 0 atom stereocenters. The Morgan fingerprint density at radius 2 is 1.90 bits per heavy atom. The highest BCUT2D eigenvalue weighted by Gasteiger charge is 2.18. The zero-order valence-electron chi connectivity index (χ0n) is 11.0. The number of nitrogens with zero attached hydrogens (tertiary/aromatic N) is 1. The van der Waals surface area contributed by atoms with Crippen LogP contribution in [0, 0.1) is 0 Å². The van der Waals surface area contributed by atoms with Gasteiger partial charge in [-0.3, -0.25) is 4.90 Å². The van der Waals surface area contributed by atoms with Crippen LogP contribution in [0.2, 0.25) is 10.0 Å². The van der Waals surface area contributed by atoms with Gasteiger partial charge in [-0.1, -0.05) is 36.7 Å². The van der Waals surface area contributed by atoms with Crippen LogP contribution in [0.25, 0.3) is 0 Å². The minimum Gasteiger partial charge on any atom is -0.329 e. The third-order valence-electron chi connectivity index (χ3n) is 3.56. The standard InChI is InChI=1S/C14H21Cl2N3.CH4/c15-13-2-1-11(9-14(13)16)10-19-7-3-12(4-8-19)18-6-5-17;/h1-2,9,12,18H,3-8,10,17H2;1H4. The molecule has 3 nitrogen and oxygen atoms in total. The van der Waals surface area contributed by atoms with Gasteiger partial charge in [-0.05, 0) is 43.6 Å². The first-order valence-corrected chi connectivity index (χ1v) is 7.54.